The number of benzene rings is 1. The molecule has 19 heavy (non-hydrogen) atoms. The Balaban J connectivity index is 3.04. The minimum absolute atomic E-state index is 0.0104. The average molecular weight is 288 g/mol. The highest BCUT2D eigenvalue weighted by atomic mass is 32.2. The zero-order valence-corrected chi connectivity index (χ0v) is 12.1. The fraction of sp³-hybridized carbons (Fsp3) is 0.500. The molecule has 0 atom stereocenters. The zero-order valence-electron chi connectivity index (χ0n) is 11.3. The van der Waals surface area contributed by atoms with Crippen molar-refractivity contribution >= 4 is 15.7 Å². The average Bonchev–Trinajstić information content (AvgIpc) is 2.37. The van der Waals surface area contributed by atoms with Crippen LogP contribution in [0.5, 0.6) is 5.75 Å². The van der Waals surface area contributed by atoms with Gasteiger partial charge in [0.25, 0.3) is 0 Å². The molecule has 108 valence electrons. The highest BCUT2D eigenvalue weighted by Crippen LogP contribution is 2.26. The van der Waals surface area contributed by atoms with Crippen molar-refractivity contribution in [2.24, 2.45) is 5.41 Å². The van der Waals surface area contributed by atoms with E-state index in [1.54, 1.807) is 19.9 Å². The van der Waals surface area contributed by atoms with E-state index >= 15 is 0 Å². The topological polar surface area (TPSA) is 102 Å². The molecule has 0 aliphatic carbocycles. The molecule has 0 spiro atoms. The number of rotatable bonds is 6. The normalized spacial score (nSPS) is 12.4. The largest absolute Gasteiger partial charge is 0.495 e. The molecule has 0 saturated heterocycles. The van der Waals surface area contributed by atoms with Gasteiger partial charge in [-0.2, -0.15) is 0 Å². The number of aliphatic hydroxyl groups excluding tert-OH is 1. The van der Waals surface area contributed by atoms with Gasteiger partial charge in [-0.05, 0) is 18.2 Å². The Morgan fingerprint density at radius 2 is 2.05 bits per heavy atom. The van der Waals surface area contributed by atoms with E-state index in [2.05, 4.69) is 4.72 Å². The summed E-state index contributed by atoms with van der Waals surface area (Å²) in [5, 5.41) is 9.13. The van der Waals surface area contributed by atoms with Crippen LogP contribution in [0.25, 0.3) is 0 Å². The minimum Gasteiger partial charge on any atom is -0.495 e. The quantitative estimate of drug-likeness (QED) is 0.664. The Kier molecular flexibility index (Phi) is 4.78. The lowest BCUT2D eigenvalue weighted by atomic mass is 9.96. The third kappa shape index (κ3) is 4.09. The zero-order chi connectivity index (χ0) is 14.7. The lowest BCUT2D eigenvalue weighted by Gasteiger charge is -2.22. The first kappa shape index (κ1) is 15.7. The summed E-state index contributed by atoms with van der Waals surface area (Å²) in [6.45, 7) is 3.51. The number of methoxy groups -OCH3 is 1. The second-order valence-electron chi connectivity index (χ2n) is 5.06. The van der Waals surface area contributed by atoms with Crippen LogP contribution in [0, 0.1) is 5.41 Å². The van der Waals surface area contributed by atoms with Gasteiger partial charge in [-0.1, -0.05) is 13.8 Å². The second kappa shape index (κ2) is 5.77. The lowest BCUT2D eigenvalue weighted by molar-refractivity contribution is 0.163. The Morgan fingerprint density at radius 3 is 2.58 bits per heavy atom. The van der Waals surface area contributed by atoms with E-state index in [0.29, 0.717) is 5.69 Å². The molecule has 0 fully saturated rings. The fourth-order valence-electron chi connectivity index (χ4n) is 1.33. The molecule has 4 N–H and O–H groups in total. The molecule has 0 heterocycles. The predicted octanol–water partition coefficient (Wildman–Crippen LogP) is 0.574. The molecule has 0 bridgehead atoms. The number of aliphatic hydroxyl groups is 1. The smallest absolute Gasteiger partial charge is 0.244 e. The number of nitrogen functional groups attached to an aromatic ring is 1. The SMILES string of the molecule is COc1ccc(N)cc1S(=O)(=O)NCC(C)(C)CO. The number of nitrogens with two attached hydrogens (primary N) is 1. The van der Waals surface area contributed by atoms with Gasteiger partial charge in [-0.15, -0.1) is 0 Å². The van der Waals surface area contributed by atoms with Gasteiger partial charge >= 0.3 is 0 Å². The molecular weight excluding hydrogens is 268 g/mol. The van der Waals surface area contributed by atoms with Crippen LogP contribution >= 0.6 is 0 Å². The Labute approximate surface area is 113 Å². The Hall–Kier alpha value is -1.31. The van der Waals surface area contributed by atoms with Gasteiger partial charge in [-0.25, -0.2) is 13.1 Å². The van der Waals surface area contributed by atoms with Crippen LogP contribution in [0.15, 0.2) is 23.1 Å². The number of hydrogen-bond acceptors (Lipinski definition) is 5. The number of hydrogen-bond donors (Lipinski definition) is 3. The molecule has 0 amide bonds. The maximum Gasteiger partial charge on any atom is 0.244 e. The maximum absolute atomic E-state index is 12.2. The maximum atomic E-state index is 12.2. The summed E-state index contributed by atoms with van der Waals surface area (Å²) >= 11 is 0. The summed E-state index contributed by atoms with van der Waals surface area (Å²) in [6.07, 6.45) is 0. The third-order valence-electron chi connectivity index (χ3n) is 2.65. The first-order valence-electron chi connectivity index (χ1n) is 5.76. The predicted molar refractivity (Wildman–Crippen MR) is 73.5 cm³/mol. The first-order chi connectivity index (χ1) is 8.72. The monoisotopic (exact) mass is 288 g/mol. The summed E-state index contributed by atoms with van der Waals surface area (Å²) in [5.41, 5.74) is 5.39. The Morgan fingerprint density at radius 1 is 1.42 bits per heavy atom. The molecule has 1 aromatic carbocycles. The van der Waals surface area contributed by atoms with E-state index in [-0.39, 0.29) is 23.8 Å². The van der Waals surface area contributed by atoms with Crippen LogP contribution in [0.1, 0.15) is 13.8 Å². The van der Waals surface area contributed by atoms with Gasteiger partial charge in [0.15, 0.2) is 0 Å². The highest BCUT2D eigenvalue weighted by molar-refractivity contribution is 7.89. The molecule has 0 radical (unpaired) electrons. The van der Waals surface area contributed by atoms with Crippen molar-refractivity contribution in [3.63, 3.8) is 0 Å². The standard InChI is InChI=1S/C12H20N2O4S/c1-12(2,8-15)7-14-19(16,17)11-6-9(13)4-5-10(11)18-3/h4-6,14-15H,7-8,13H2,1-3H3. The van der Waals surface area contributed by atoms with Crippen LogP contribution < -0.4 is 15.2 Å². The number of nitrogens with one attached hydrogen (secondary N) is 1. The van der Waals surface area contributed by atoms with Crippen LogP contribution in [-0.4, -0.2) is 33.8 Å². The lowest BCUT2D eigenvalue weighted by Crippen LogP contribution is -2.36. The van der Waals surface area contributed by atoms with Gasteiger partial charge in [-0.3, -0.25) is 0 Å². The number of anilines is 1. The molecular formula is C12H20N2O4S. The van der Waals surface area contributed by atoms with Crippen LogP contribution in [0.2, 0.25) is 0 Å². The molecule has 0 aliphatic rings. The van der Waals surface area contributed by atoms with Gasteiger partial charge in [0.05, 0.1) is 7.11 Å². The number of sulfonamides is 1. The molecule has 0 aliphatic heterocycles. The van der Waals surface area contributed by atoms with Crippen molar-refractivity contribution in [3.8, 4) is 5.75 Å². The first-order valence-corrected chi connectivity index (χ1v) is 7.24. The van der Waals surface area contributed by atoms with Crippen molar-refractivity contribution < 1.29 is 18.3 Å². The summed E-state index contributed by atoms with van der Waals surface area (Å²) in [6, 6.07) is 4.41. The van der Waals surface area contributed by atoms with E-state index in [1.165, 1.54) is 19.2 Å². The molecule has 7 heteroatoms. The van der Waals surface area contributed by atoms with Gasteiger partial charge in [0.2, 0.25) is 10.0 Å². The summed E-state index contributed by atoms with van der Waals surface area (Å²) in [5.74, 6) is 0.225. The van der Waals surface area contributed by atoms with Gasteiger partial charge in [0.1, 0.15) is 10.6 Å². The summed E-state index contributed by atoms with van der Waals surface area (Å²) in [4.78, 5) is -0.0104. The van der Waals surface area contributed by atoms with E-state index in [1.807, 2.05) is 0 Å². The van der Waals surface area contributed by atoms with Crippen molar-refractivity contribution in [1.29, 1.82) is 0 Å². The Bertz CT molecular complexity index is 541. The van der Waals surface area contributed by atoms with Crippen molar-refractivity contribution in [3.05, 3.63) is 18.2 Å². The highest BCUT2D eigenvalue weighted by Gasteiger charge is 2.24. The van der Waals surface area contributed by atoms with Crippen molar-refractivity contribution in [2.45, 2.75) is 18.7 Å². The molecule has 1 rings (SSSR count). The van der Waals surface area contributed by atoms with Crippen LogP contribution in [-0.2, 0) is 10.0 Å². The fourth-order valence-corrected chi connectivity index (χ4v) is 2.77. The van der Waals surface area contributed by atoms with E-state index < -0.39 is 15.4 Å². The van der Waals surface area contributed by atoms with E-state index in [0.717, 1.165) is 0 Å². The molecule has 1 aromatic rings. The molecule has 6 nitrogen and oxygen atoms in total. The van der Waals surface area contributed by atoms with E-state index in [9.17, 15) is 8.42 Å². The van der Waals surface area contributed by atoms with Crippen LogP contribution in [0.4, 0.5) is 5.69 Å². The van der Waals surface area contributed by atoms with Crippen LogP contribution in [0.3, 0.4) is 0 Å². The minimum atomic E-state index is -3.73. The molecule has 0 unspecified atom stereocenters. The second-order valence-corrected chi connectivity index (χ2v) is 6.79. The van der Waals surface area contributed by atoms with E-state index in [4.69, 9.17) is 15.6 Å². The third-order valence-corrected chi connectivity index (χ3v) is 4.07. The van der Waals surface area contributed by atoms with Gasteiger partial charge in [0, 0.05) is 24.3 Å². The summed E-state index contributed by atoms with van der Waals surface area (Å²) < 4.78 is 31.9. The van der Waals surface area contributed by atoms with Crippen molar-refractivity contribution in [1.82, 2.24) is 4.72 Å². The molecule has 0 aromatic heterocycles. The van der Waals surface area contributed by atoms with Gasteiger partial charge < -0.3 is 15.6 Å². The molecule has 0 saturated carbocycles. The van der Waals surface area contributed by atoms with Crippen molar-refractivity contribution in [2.75, 3.05) is 26.0 Å². The summed E-state index contributed by atoms with van der Waals surface area (Å²) in [7, 11) is -2.34. The number of ether oxygens (including phenoxy) is 1.